The lowest BCUT2D eigenvalue weighted by molar-refractivity contribution is -0.158. The second-order valence-corrected chi connectivity index (χ2v) is 7.93. The van der Waals surface area contributed by atoms with Crippen LogP contribution in [0.4, 0.5) is 0 Å². The van der Waals surface area contributed by atoms with Gasteiger partial charge in [0.15, 0.2) is 0 Å². The van der Waals surface area contributed by atoms with Crippen molar-refractivity contribution in [2.75, 3.05) is 0 Å². The molecule has 132 valence electrons. The summed E-state index contributed by atoms with van der Waals surface area (Å²) < 4.78 is 11.3. The van der Waals surface area contributed by atoms with Gasteiger partial charge in [-0.3, -0.25) is 4.79 Å². The van der Waals surface area contributed by atoms with Gasteiger partial charge in [-0.15, -0.1) is 0 Å². The van der Waals surface area contributed by atoms with Crippen LogP contribution in [0.2, 0.25) is 0 Å². The highest BCUT2D eigenvalue weighted by atomic mass is 16.6. The predicted molar refractivity (Wildman–Crippen MR) is 87.8 cm³/mol. The van der Waals surface area contributed by atoms with Crippen molar-refractivity contribution in [2.45, 2.75) is 58.3 Å². The molecular weight excluding hydrogens is 308 g/mol. The molecule has 0 aromatic rings. The van der Waals surface area contributed by atoms with Crippen LogP contribution < -0.4 is 0 Å². The molecule has 3 rings (SSSR count). The van der Waals surface area contributed by atoms with Gasteiger partial charge in [0.25, 0.3) is 0 Å². The number of rotatable bonds is 2. The van der Waals surface area contributed by atoms with E-state index < -0.39 is 29.7 Å². The molecule has 0 aromatic carbocycles. The van der Waals surface area contributed by atoms with E-state index in [1.54, 1.807) is 20.8 Å². The van der Waals surface area contributed by atoms with Gasteiger partial charge < -0.3 is 14.6 Å². The monoisotopic (exact) mass is 334 g/mol. The zero-order valence-corrected chi connectivity index (χ0v) is 14.7. The molecule has 0 amide bonds. The molecule has 5 nitrogen and oxygen atoms in total. The van der Waals surface area contributed by atoms with Gasteiger partial charge in [0.05, 0.1) is 17.4 Å². The van der Waals surface area contributed by atoms with Gasteiger partial charge in [0.1, 0.15) is 12.2 Å². The quantitative estimate of drug-likeness (QED) is 0.477. The van der Waals surface area contributed by atoms with E-state index in [0.29, 0.717) is 5.57 Å². The van der Waals surface area contributed by atoms with Crippen molar-refractivity contribution in [1.29, 1.82) is 0 Å². The third-order valence-corrected chi connectivity index (χ3v) is 5.82. The Bertz CT molecular complexity index is 615. The first kappa shape index (κ1) is 17.2. The number of ether oxygens (including phenoxy) is 2. The van der Waals surface area contributed by atoms with Crippen molar-refractivity contribution in [3.63, 3.8) is 0 Å². The maximum absolute atomic E-state index is 12.2. The second kappa shape index (κ2) is 5.73. The summed E-state index contributed by atoms with van der Waals surface area (Å²) in [6, 6.07) is 0. The zero-order valence-electron chi connectivity index (χ0n) is 14.7. The Kier molecular flexibility index (Phi) is 4.11. The topological polar surface area (TPSA) is 72.8 Å². The van der Waals surface area contributed by atoms with E-state index in [1.165, 1.54) is 0 Å². The Morgan fingerprint density at radius 2 is 2.12 bits per heavy atom. The summed E-state index contributed by atoms with van der Waals surface area (Å²) in [4.78, 5) is 24.3. The fourth-order valence-corrected chi connectivity index (χ4v) is 4.47. The van der Waals surface area contributed by atoms with E-state index in [9.17, 15) is 14.7 Å². The van der Waals surface area contributed by atoms with Gasteiger partial charge in [-0.25, -0.2) is 4.79 Å². The number of fused-ring (bicyclic) bond motifs is 3. The van der Waals surface area contributed by atoms with Gasteiger partial charge >= 0.3 is 11.9 Å². The van der Waals surface area contributed by atoms with Gasteiger partial charge in [-0.05, 0) is 20.3 Å². The fraction of sp³-hybridized carbons (Fsp3) is 0.684. The van der Waals surface area contributed by atoms with Crippen LogP contribution in [-0.2, 0) is 19.1 Å². The van der Waals surface area contributed by atoms with Crippen LogP contribution in [0, 0.1) is 23.7 Å². The normalized spacial score (nSPS) is 41.4. The molecule has 1 N–H and O–H groups in total. The Morgan fingerprint density at radius 1 is 1.46 bits per heavy atom. The molecule has 2 aliphatic carbocycles. The van der Waals surface area contributed by atoms with Crippen LogP contribution in [0.5, 0.6) is 0 Å². The molecule has 0 radical (unpaired) electrons. The van der Waals surface area contributed by atoms with Gasteiger partial charge in [0.2, 0.25) is 0 Å². The highest BCUT2D eigenvalue weighted by molar-refractivity contribution is 5.91. The molecule has 2 fully saturated rings. The maximum Gasteiger partial charge on any atom is 0.334 e. The number of carbonyl (C=O) groups excluding carboxylic acids is 2. The molecule has 0 bridgehead atoms. The number of carbonyl (C=O) groups is 2. The summed E-state index contributed by atoms with van der Waals surface area (Å²) in [5.74, 6) is -1.54. The SMILES string of the molecule is C=C1C(=O)O[C@@H]2[C@H]3C(C)=CC[C@H]3[C@](C)(O)C[C@H](OC(=O)C(C)C)[C@@H]12. The molecule has 5 heteroatoms. The molecule has 1 saturated heterocycles. The minimum Gasteiger partial charge on any atom is -0.461 e. The largest absolute Gasteiger partial charge is 0.461 e. The molecular formula is C19H26O5. The minimum atomic E-state index is -1.00. The van der Waals surface area contributed by atoms with Gasteiger partial charge in [-0.1, -0.05) is 32.1 Å². The molecule has 1 aliphatic heterocycles. The van der Waals surface area contributed by atoms with E-state index >= 15 is 0 Å². The first-order valence-electron chi connectivity index (χ1n) is 8.62. The highest BCUT2D eigenvalue weighted by Gasteiger charge is 2.58. The molecule has 0 spiro atoms. The third-order valence-electron chi connectivity index (χ3n) is 5.82. The lowest BCUT2D eigenvalue weighted by Gasteiger charge is -2.34. The Labute approximate surface area is 142 Å². The number of esters is 2. The van der Waals surface area contributed by atoms with Crippen molar-refractivity contribution >= 4 is 11.9 Å². The van der Waals surface area contributed by atoms with Gasteiger partial charge in [0, 0.05) is 23.8 Å². The van der Waals surface area contributed by atoms with E-state index in [4.69, 9.17) is 9.47 Å². The van der Waals surface area contributed by atoms with Crippen molar-refractivity contribution < 1.29 is 24.2 Å². The number of hydrogen-bond donors (Lipinski definition) is 1. The van der Waals surface area contributed by atoms with Crippen molar-refractivity contribution in [1.82, 2.24) is 0 Å². The maximum atomic E-state index is 12.2. The average molecular weight is 334 g/mol. The van der Waals surface area contributed by atoms with Crippen LogP contribution >= 0.6 is 0 Å². The first-order chi connectivity index (χ1) is 11.1. The molecule has 1 saturated carbocycles. The van der Waals surface area contributed by atoms with E-state index in [-0.39, 0.29) is 30.1 Å². The summed E-state index contributed by atoms with van der Waals surface area (Å²) in [5.41, 5.74) is 0.462. The van der Waals surface area contributed by atoms with Crippen LogP contribution in [0.25, 0.3) is 0 Å². The second-order valence-electron chi connectivity index (χ2n) is 7.93. The van der Waals surface area contributed by atoms with E-state index in [0.717, 1.165) is 12.0 Å². The lowest BCUT2D eigenvalue weighted by Crippen LogP contribution is -2.40. The molecule has 1 heterocycles. The molecule has 0 aromatic heterocycles. The Morgan fingerprint density at radius 3 is 2.75 bits per heavy atom. The molecule has 3 aliphatic rings. The summed E-state index contributed by atoms with van der Waals surface area (Å²) >= 11 is 0. The predicted octanol–water partition coefficient (Wildman–Crippen LogP) is 2.39. The smallest absolute Gasteiger partial charge is 0.334 e. The van der Waals surface area contributed by atoms with Crippen molar-refractivity contribution in [2.24, 2.45) is 23.7 Å². The number of aliphatic hydroxyl groups is 1. The molecule has 24 heavy (non-hydrogen) atoms. The summed E-state index contributed by atoms with van der Waals surface area (Å²) in [5, 5.41) is 11.1. The van der Waals surface area contributed by atoms with Crippen molar-refractivity contribution in [3.8, 4) is 0 Å². The third kappa shape index (κ3) is 2.59. The fourth-order valence-electron chi connectivity index (χ4n) is 4.47. The Hall–Kier alpha value is -1.62. The lowest BCUT2D eigenvalue weighted by atomic mass is 9.76. The van der Waals surface area contributed by atoms with Crippen LogP contribution in [0.3, 0.4) is 0 Å². The van der Waals surface area contributed by atoms with E-state index in [1.807, 2.05) is 6.92 Å². The van der Waals surface area contributed by atoms with Gasteiger partial charge in [-0.2, -0.15) is 0 Å². The standard InChI is InChI=1S/C19H26O5/c1-9(2)17(20)23-13-8-19(5,22)12-7-6-10(3)14(12)16-15(13)11(4)18(21)24-16/h6,9,12-16,22H,4,7-8H2,1-3,5H3/t12-,13+,14+,15-,16-,19-/m1/s1. The zero-order chi connectivity index (χ0) is 17.8. The summed E-state index contributed by atoms with van der Waals surface area (Å²) in [6.07, 6.45) is 2.10. The summed E-state index contributed by atoms with van der Waals surface area (Å²) in [7, 11) is 0. The Balaban J connectivity index is 2.01. The molecule has 0 unspecified atom stereocenters. The summed E-state index contributed by atoms with van der Waals surface area (Å²) in [6.45, 7) is 11.2. The highest BCUT2D eigenvalue weighted by Crippen LogP contribution is 2.52. The number of hydrogen-bond acceptors (Lipinski definition) is 5. The van der Waals surface area contributed by atoms with Crippen LogP contribution in [-0.4, -0.2) is 34.9 Å². The minimum absolute atomic E-state index is 0.0496. The van der Waals surface area contributed by atoms with Crippen LogP contribution in [0.15, 0.2) is 23.8 Å². The number of allylic oxidation sites excluding steroid dienone is 1. The average Bonchev–Trinajstić information content (AvgIpc) is 2.96. The van der Waals surface area contributed by atoms with E-state index in [2.05, 4.69) is 12.7 Å². The molecule has 6 atom stereocenters. The first-order valence-corrected chi connectivity index (χ1v) is 8.62. The van der Waals surface area contributed by atoms with Crippen molar-refractivity contribution in [3.05, 3.63) is 23.8 Å². The van der Waals surface area contributed by atoms with Crippen LogP contribution in [0.1, 0.15) is 40.5 Å².